The maximum atomic E-state index is 12.8. The second kappa shape index (κ2) is 7.80. The lowest BCUT2D eigenvalue weighted by atomic mass is 10.1. The number of aromatic amines is 1. The van der Waals surface area contributed by atoms with Gasteiger partial charge in [0.2, 0.25) is 0 Å². The third kappa shape index (κ3) is 3.65. The van der Waals surface area contributed by atoms with Crippen LogP contribution in [0.2, 0.25) is 5.02 Å². The van der Waals surface area contributed by atoms with E-state index in [0.29, 0.717) is 32.9 Å². The number of nitrogens with zero attached hydrogens (tertiary/aromatic N) is 3. The molecule has 30 heavy (non-hydrogen) atoms. The van der Waals surface area contributed by atoms with E-state index in [1.165, 1.54) is 12.4 Å². The van der Waals surface area contributed by atoms with E-state index in [4.69, 9.17) is 16.7 Å². The molecule has 0 atom stereocenters. The third-order valence-electron chi connectivity index (χ3n) is 4.45. The summed E-state index contributed by atoms with van der Waals surface area (Å²) in [6, 6.07) is 7.68. The van der Waals surface area contributed by atoms with Crippen molar-refractivity contribution in [1.82, 2.24) is 24.8 Å². The fraction of sp³-hybridized carbons (Fsp3) is 0.0500. The zero-order valence-corrected chi connectivity index (χ0v) is 16.1. The fourth-order valence-electron chi connectivity index (χ4n) is 3.09. The summed E-state index contributed by atoms with van der Waals surface area (Å²) in [4.78, 5) is 46.8. The number of hydrogen-bond donors (Lipinski definition) is 3. The fourth-order valence-corrected chi connectivity index (χ4v) is 3.34. The van der Waals surface area contributed by atoms with Gasteiger partial charge < -0.3 is 15.4 Å². The van der Waals surface area contributed by atoms with Crippen LogP contribution >= 0.6 is 11.6 Å². The zero-order valence-electron chi connectivity index (χ0n) is 15.3. The summed E-state index contributed by atoms with van der Waals surface area (Å²) < 4.78 is 1.62. The highest BCUT2D eigenvalue weighted by Gasteiger charge is 2.16. The number of nitrogens with one attached hydrogen (secondary N) is 2. The van der Waals surface area contributed by atoms with Crippen molar-refractivity contribution in [3.05, 3.63) is 87.3 Å². The number of aromatic nitrogens is 4. The second-order valence-corrected chi connectivity index (χ2v) is 6.81. The van der Waals surface area contributed by atoms with E-state index < -0.39 is 11.5 Å². The van der Waals surface area contributed by atoms with Gasteiger partial charge in [-0.05, 0) is 35.9 Å². The van der Waals surface area contributed by atoms with Gasteiger partial charge in [-0.25, -0.2) is 14.8 Å². The molecule has 10 heteroatoms. The number of carbonyl (C=O) groups excluding carboxylic acids is 1. The largest absolute Gasteiger partial charge is 0.477 e. The average molecular weight is 424 g/mol. The Morgan fingerprint density at radius 3 is 2.77 bits per heavy atom. The van der Waals surface area contributed by atoms with Crippen LogP contribution in [-0.2, 0) is 6.54 Å². The smallest absolute Gasteiger partial charge is 0.341 e. The Hall–Kier alpha value is -3.98. The number of halogens is 1. The van der Waals surface area contributed by atoms with Crippen molar-refractivity contribution in [3.63, 3.8) is 0 Å². The lowest BCUT2D eigenvalue weighted by Crippen LogP contribution is -2.25. The molecule has 0 radical (unpaired) electrons. The van der Waals surface area contributed by atoms with Crippen LogP contribution in [0.3, 0.4) is 0 Å². The summed E-state index contributed by atoms with van der Waals surface area (Å²) in [6.45, 7) is 0.0521. The van der Waals surface area contributed by atoms with E-state index in [2.05, 4.69) is 20.3 Å². The quantitative estimate of drug-likeness (QED) is 0.452. The van der Waals surface area contributed by atoms with E-state index in [0.717, 1.165) is 0 Å². The number of imidazole rings is 1. The molecule has 3 heterocycles. The molecule has 0 bridgehead atoms. The summed E-state index contributed by atoms with van der Waals surface area (Å²) in [5, 5.41) is 12.7. The predicted octanol–water partition coefficient (Wildman–Crippen LogP) is 2.39. The first-order valence-corrected chi connectivity index (χ1v) is 9.12. The molecule has 0 unspecified atom stereocenters. The zero-order chi connectivity index (χ0) is 21.3. The van der Waals surface area contributed by atoms with Gasteiger partial charge in [0.25, 0.3) is 11.5 Å². The van der Waals surface area contributed by atoms with E-state index in [1.54, 1.807) is 47.4 Å². The molecule has 0 aliphatic heterocycles. The van der Waals surface area contributed by atoms with Crippen LogP contribution in [0, 0.1) is 0 Å². The molecule has 0 saturated heterocycles. The van der Waals surface area contributed by atoms with E-state index in [-0.39, 0.29) is 18.0 Å². The van der Waals surface area contributed by atoms with Gasteiger partial charge in [0, 0.05) is 35.5 Å². The maximum Gasteiger partial charge on any atom is 0.341 e. The summed E-state index contributed by atoms with van der Waals surface area (Å²) in [6.07, 6.45) is 6.36. The van der Waals surface area contributed by atoms with Crippen LogP contribution in [0.4, 0.5) is 0 Å². The number of benzene rings is 1. The second-order valence-electron chi connectivity index (χ2n) is 6.37. The minimum atomic E-state index is -1.34. The number of fused-ring (bicyclic) bond motifs is 1. The number of carbonyl (C=O) groups is 2. The summed E-state index contributed by atoms with van der Waals surface area (Å²) >= 11 is 6.15. The van der Waals surface area contributed by atoms with Gasteiger partial charge >= 0.3 is 5.97 Å². The first-order chi connectivity index (χ1) is 14.4. The number of carboxylic acid groups (broad SMARTS) is 1. The van der Waals surface area contributed by atoms with Crippen LogP contribution in [0.25, 0.3) is 16.7 Å². The van der Waals surface area contributed by atoms with Crippen molar-refractivity contribution >= 4 is 34.4 Å². The van der Waals surface area contributed by atoms with Gasteiger partial charge in [-0.1, -0.05) is 11.6 Å². The van der Waals surface area contributed by atoms with Gasteiger partial charge in [0.15, 0.2) is 5.82 Å². The topological polar surface area (TPSA) is 130 Å². The summed E-state index contributed by atoms with van der Waals surface area (Å²) in [5.74, 6) is -1.30. The van der Waals surface area contributed by atoms with Crippen molar-refractivity contribution in [2.24, 2.45) is 0 Å². The lowest BCUT2D eigenvalue weighted by molar-refractivity contribution is 0.0695. The van der Waals surface area contributed by atoms with Crippen molar-refractivity contribution in [3.8, 4) is 5.82 Å². The minimum Gasteiger partial charge on any atom is -0.477 e. The SMILES string of the molecule is O=C(NCc1cc(Cl)cc2cc(C(=O)O)c(=O)[nH]c12)c1cccnc1-n1ccnc1. The Balaban J connectivity index is 1.66. The molecule has 150 valence electrons. The maximum absolute atomic E-state index is 12.8. The molecule has 1 aromatic carbocycles. The highest BCUT2D eigenvalue weighted by molar-refractivity contribution is 6.31. The van der Waals surface area contributed by atoms with E-state index in [9.17, 15) is 14.4 Å². The molecular weight excluding hydrogens is 410 g/mol. The molecule has 4 aromatic rings. The van der Waals surface area contributed by atoms with E-state index >= 15 is 0 Å². The molecule has 0 spiro atoms. The molecule has 3 aromatic heterocycles. The lowest BCUT2D eigenvalue weighted by Gasteiger charge is -2.12. The number of aromatic carboxylic acids is 1. The molecule has 0 aliphatic carbocycles. The standard InChI is InChI=1S/C20H14ClN5O4/c21-13-6-11-8-15(20(29)30)19(28)25-16(11)12(7-13)9-24-18(27)14-2-1-3-23-17(14)26-5-4-22-10-26/h1-8,10H,9H2,(H,24,27)(H,25,28)(H,29,30). The monoisotopic (exact) mass is 423 g/mol. The Labute approximate surface area is 174 Å². The molecule has 4 rings (SSSR count). The van der Waals surface area contributed by atoms with Gasteiger partial charge in [-0.3, -0.25) is 14.2 Å². The van der Waals surface area contributed by atoms with E-state index in [1.807, 2.05) is 0 Å². The first kappa shape index (κ1) is 19.3. The number of hydrogen-bond acceptors (Lipinski definition) is 5. The van der Waals surface area contributed by atoms with Crippen molar-refractivity contribution < 1.29 is 14.7 Å². The van der Waals surface area contributed by atoms with Gasteiger partial charge in [0.05, 0.1) is 11.1 Å². The Morgan fingerprint density at radius 2 is 2.03 bits per heavy atom. The number of pyridine rings is 2. The number of H-pyrrole nitrogens is 1. The van der Waals surface area contributed by atoms with Crippen LogP contribution < -0.4 is 10.9 Å². The molecule has 0 fully saturated rings. The summed E-state index contributed by atoms with van der Waals surface area (Å²) in [5.41, 5.74) is 0.145. The van der Waals surface area contributed by atoms with Gasteiger partial charge in [-0.15, -0.1) is 0 Å². The first-order valence-electron chi connectivity index (χ1n) is 8.74. The normalized spacial score (nSPS) is 10.8. The van der Waals surface area contributed by atoms with Crippen LogP contribution in [0.15, 0.2) is 60.0 Å². The summed E-state index contributed by atoms with van der Waals surface area (Å²) in [7, 11) is 0. The van der Waals surface area contributed by atoms with Crippen molar-refractivity contribution in [1.29, 1.82) is 0 Å². The van der Waals surface area contributed by atoms with Crippen LogP contribution in [0.5, 0.6) is 0 Å². The van der Waals surface area contributed by atoms with Crippen LogP contribution in [0.1, 0.15) is 26.3 Å². The van der Waals surface area contributed by atoms with Crippen molar-refractivity contribution in [2.45, 2.75) is 6.54 Å². The van der Waals surface area contributed by atoms with Crippen LogP contribution in [-0.4, -0.2) is 36.5 Å². The predicted molar refractivity (Wildman–Crippen MR) is 109 cm³/mol. The highest BCUT2D eigenvalue weighted by atomic mass is 35.5. The Kier molecular flexibility index (Phi) is 5.03. The molecular formula is C20H14ClN5O4. The molecule has 0 aliphatic rings. The van der Waals surface area contributed by atoms with Crippen molar-refractivity contribution in [2.75, 3.05) is 0 Å². The minimum absolute atomic E-state index is 0.0521. The average Bonchev–Trinajstić information content (AvgIpc) is 3.26. The Morgan fingerprint density at radius 1 is 1.20 bits per heavy atom. The number of amides is 1. The molecule has 3 N–H and O–H groups in total. The molecule has 9 nitrogen and oxygen atoms in total. The molecule has 0 saturated carbocycles. The highest BCUT2D eigenvalue weighted by Crippen LogP contribution is 2.22. The van der Waals surface area contributed by atoms with Gasteiger partial charge in [-0.2, -0.15) is 0 Å². The third-order valence-corrected chi connectivity index (χ3v) is 4.67. The molecule has 1 amide bonds. The number of carboxylic acids is 1. The van der Waals surface area contributed by atoms with Gasteiger partial charge in [0.1, 0.15) is 11.9 Å². The number of rotatable bonds is 5. The Bertz CT molecular complexity index is 1330.